The maximum absolute atomic E-state index is 14.3. The molecule has 0 bridgehead atoms. The Kier molecular flexibility index (Phi) is 12.8. The first-order chi connectivity index (χ1) is 29.6. The van der Waals surface area contributed by atoms with Crippen LogP contribution in [0.3, 0.4) is 0 Å². The van der Waals surface area contributed by atoms with Crippen LogP contribution in [0.1, 0.15) is 106 Å². The molecule has 0 spiro atoms. The molecule has 324 valence electrons. The molecular formula is C47H59N7O7. The van der Waals surface area contributed by atoms with Gasteiger partial charge in [0, 0.05) is 49.0 Å². The maximum atomic E-state index is 14.3. The van der Waals surface area contributed by atoms with E-state index in [4.69, 9.17) is 19.2 Å². The third-order valence-electron chi connectivity index (χ3n) is 13.3. The van der Waals surface area contributed by atoms with Crippen LogP contribution in [0.4, 0.5) is 9.59 Å². The number of hydrogen-bond acceptors (Lipinski definition) is 8. The molecule has 4 atom stereocenters. The first kappa shape index (κ1) is 42.1. The number of methoxy groups -OCH3 is 2. The molecule has 3 fully saturated rings. The fourth-order valence-electron chi connectivity index (χ4n) is 10.1. The number of rotatable bonds is 10. The first-order valence-electron chi connectivity index (χ1n) is 22.0. The van der Waals surface area contributed by atoms with Gasteiger partial charge in [0.25, 0.3) is 0 Å². The molecule has 2 saturated heterocycles. The quantitative estimate of drug-likeness (QED) is 0.117. The topological polar surface area (TPSA) is 171 Å². The van der Waals surface area contributed by atoms with Crippen LogP contribution in [0.25, 0.3) is 33.6 Å². The van der Waals surface area contributed by atoms with Crippen LogP contribution in [-0.2, 0) is 36.6 Å². The third kappa shape index (κ3) is 8.77. The second-order valence-electron chi connectivity index (χ2n) is 17.2. The summed E-state index contributed by atoms with van der Waals surface area (Å²) in [6, 6.07) is 16.2. The number of nitrogens with zero attached hydrogens (tertiary/aromatic N) is 3. The summed E-state index contributed by atoms with van der Waals surface area (Å²) in [5.74, 6) is 0.219. The second-order valence-corrected chi connectivity index (χ2v) is 17.2. The monoisotopic (exact) mass is 833 g/mol. The Hall–Kier alpha value is -5.63. The Balaban J connectivity index is 0.969. The van der Waals surface area contributed by atoms with Gasteiger partial charge in [-0.15, -0.1) is 0 Å². The van der Waals surface area contributed by atoms with Gasteiger partial charge in [-0.1, -0.05) is 61.4 Å². The van der Waals surface area contributed by atoms with Crippen molar-refractivity contribution >= 4 is 24.0 Å². The van der Waals surface area contributed by atoms with E-state index in [0.717, 1.165) is 116 Å². The van der Waals surface area contributed by atoms with E-state index in [1.807, 2.05) is 24.9 Å². The molecule has 14 nitrogen and oxygen atoms in total. The SMILES string of the molecule is COC(=O)NC(C(=O)N1CCCC1c1[nH]c(-c2ccc(-c3ccc(-c4cnc(C5CCCC[C@@H]5C(=O)N(NC(=O)OC)C(C)C)[nH]4)cc3)cc2)c2c1CCC2)C1CCOCC1. The number of alkyl carbamates (subject to hydrolysis) is 1. The lowest BCUT2D eigenvalue weighted by molar-refractivity contribution is -0.142. The highest BCUT2D eigenvalue weighted by Gasteiger charge is 2.42. The Morgan fingerprint density at radius 2 is 1.44 bits per heavy atom. The number of carbonyl (C=O) groups is 4. The molecular weight excluding hydrogens is 775 g/mol. The van der Waals surface area contributed by atoms with Crippen LogP contribution in [0.5, 0.6) is 0 Å². The van der Waals surface area contributed by atoms with Crippen LogP contribution in [0.15, 0.2) is 54.7 Å². The Morgan fingerprint density at radius 3 is 2.13 bits per heavy atom. The number of hydrazine groups is 1. The first-order valence-corrected chi connectivity index (χ1v) is 22.0. The van der Waals surface area contributed by atoms with Gasteiger partial charge in [0.15, 0.2) is 0 Å². The molecule has 2 aliphatic carbocycles. The molecule has 2 aromatic heterocycles. The molecule has 2 aliphatic heterocycles. The predicted octanol–water partition coefficient (Wildman–Crippen LogP) is 7.82. The maximum Gasteiger partial charge on any atom is 0.425 e. The number of benzene rings is 2. The van der Waals surface area contributed by atoms with Crippen molar-refractivity contribution in [3.8, 4) is 33.6 Å². The zero-order valence-electron chi connectivity index (χ0n) is 35.8. The molecule has 1 saturated carbocycles. The average Bonchev–Trinajstić information content (AvgIpc) is 4.13. The Bertz CT molecular complexity index is 2190. The minimum Gasteiger partial charge on any atom is -0.453 e. The predicted molar refractivity (Wildman–Crippen MR) is 230 cm³/mol. The van der Waals surface area contributed by atoms with Crippen LogP contribution < -0.4 is 10.7 Å². The van der Waals surface area contributed by atoms with Crippen LogP contribution in [0, 0.1) is 11.8 Å². The molecule has 4 heterocycles. The highest BCUT2D eigenvalue weighted by molar-refractivity contribution is 5.87. The molecule has 0 radical (unpaired) electrons. The smallest absolute Gasteiger partial charge is 0.425 e. The summed E-state index contributed by atoms with van der Waals surface area (Å²) in [5.41, 5.74) is 12.8. The highest BCUT2D eigenvalue weighted by atomic mass is 16.5. The fraction of sp³-hybridized carbons (Fsp3) is 0.511. The minimum atomic E-state index is -0.665. The van der Waals surface area contributed by atoms with Gasteiger partial charge in [0.1, 0.15) is 11.9 Å². The summed E-state index contributed by atoms with van der Waals surface area (Å²) >= 11 is 0. The van der Waals surface area contributed by atoms with Gasteiger partial charge in [-0.3, -0.25) is 9.59 Å². The largest absolute Gasteiger partial charge is 0.453 e. The van der Waals surface area contributed by atoms with Gasteiger partial charge in [0.05, 0.1) is 32.2 Å². The number of amides is 4. The molecule has 61 heavy (non-hydrogen) atoms. The lowest BCUT2D eigenvalue weighted by Crippen LogP contribution is -2.53. The molecule has 4 aliphatic rings. The molecule has 4 N–H and O–H groups in total. The van der Waals surface area contributed by atoms with Crippen molar-refractivity contribution in [1.82, 2.24) is 35.6 Å². The number of nitrogens with one attached hydrogen (secondary N) is 4. The van der Waals surface area contributed by atoms with Crippen molar-refractivity contribution in [2.24, 2.45) is 11.8 Å². The van der Waals surface area contributed by atoms with Gasteiger partial charge < -0.3 is 34.4 Å². The van der Waals surface area contributed by atoms with E-state index in [9.17, 15) is 19.2 Å². The molecule has 4 aromatic rings. The van der Waals surface area contributed by atoms with E-state index < -0.39 is 18.2 Å². The molecule has 4 amide bonds. The summed E-state index contributed by atoms with van der Waals surface area (Å²) in [5, 5.41) is 4.27. The average molecular weight is 834 g/mol. The lowest BCUT2D eigenvalue weighted by atomic mass is 9.78. The van der Waals surface area contributed by atoms with E-state index in [2.05, 4.69) is 69.2 Å². The fourth-order valence-corrected chi connectivity index (χ4v) is 10.1. The number of aromatic amines is 2. The standard InChI is InChI=1S/C47H59N7O7/c1-28(2)54(52-47(58)60-4)44(55)37-10-6-5-9-36(37)43-48-27-38(49-43)31-18-14-29(15-19-31)30-16-20-32(21-17-30)40-34-11-7-12-35(34)42(50-40)39-13-8-24-53(39)45(56)41(51-46(57)59-3)33-22-25-61-26-23-33/h14-21,27-28,33,36-37,39,41,50H,5-13,22-26H2,1-4H3,(H,48,49)(H,51,57)(H,52,58)/t36?,37-,39?,41?/m0/s1. The van der Waals surface area contributed by atoms with Gasteiger partial charge >= 0.3 is 12.2 Å². The van der Waals surface area contributed by atoms with Crippen molar-refractivity contribution < 1.29 is 33.4 Å². The van der Waals surface area contributed by atoms with E-state index in [1.165, 1.54) is 30.4 Å². The van der Waals surface area contributed by atoms with Crippen molar-refractivity contribution in [2.75, 3.05) is 34.0 Å². The van der Waals surface area contributed by atoms with E-state index in [1.54, 1.807) is 0 Å². The molecule has 3 unspecified atom stereocenters. The number of ether oxygens (including phenoxy) is 3. The van der Waals surface area contributed by atoms with Crippen LogP contribution >= 0.6 is 0 Å². The molecule has 8 rings (SSSR count). The highest BCUT2D eigenvalue weighted by Crippen LogP contribution is 2.43. The van der Waals surface area contributed by atoms with Crippen molar-refractivity contribution in [3.63, 3.8) is 0 Å². The number of fused-ring (bicyclic) bond motifs is 1. The summed E-state index contributed by atoms with van der Waals surface area (Å²) < 4.78 is 15.3. The Labute approximate surface area is 357 Å². The number of likely N-dealkylation sites (tertiary alicyclic amines) is 1. The normalized spacial score (nSPS) is 20.9. The number of H-pyrrole nitrogens is 2. The van der Waals surface area contributed by atoms with Crippen molar-refractivity contribution in [1.29, 1.82) is 0 Å². The minimum absolute atomic E-state index is 0.000947. The van der Waals surface area contributed by atoms with E-state index in [0.29, 0.717) is 19.8 Å². The van der Waals surface area contributed by atoms with Gasteiger partial charge in [0.2, 0.25) is 11.8 Å². The summed E-state index contributed by atoms with van der Waals surface area (Å²) in [7, 11) is 2.62. The van der Waals surface area contributed by atoms with Crippen molar-refractivity contribution in [3.05, 3.63) is 77.4 Å². The molecule has 14 heteroatoms. The number of hydrogen-bond donors (Lipinski definition) is 4. The number of carbonyl (C=O) groups excluding carboxylic acids is 4. The zero-order chi connectivity index (χ0) is 42.6. The van der Waals surface area contributed by atoms with E-state index >= 15 is 0 Å². The summed E-state index contributed by atoms with van der Waals surface area (Å²) in [6.45, 7) is 5.55. The van der Waals surface area contributed by atoms with E-state index in [-0.39, 0.29) is 41.7 Å². The zero-order valence-corrected chi connectivity index (χ0v) is 35.8. The van der Waals surface area contributed by atoms with Crippen molar-refractivity contribution in [2.45, 2.75) is 109 Å². The van der Waals surface area contributed by atoms with Gasteiger partial charge in [-0.05, 0) is 111 Å². The number of aromatic nitrogens is 3. The number of imidazole rings is 1. The lowest BCUT2D eigenvalue weighted by Gasteiger charge is -2.35. The Morgan fingerprint density at radius 1 is 0.787 bits per heavy atom. The third-order valence-corrected chi connectivity index (χ3v) is 13.3. The summed E-state index contributed by atoms with van der Waals surface area (Å²) in [4.78, 5) is 66.6. The van der Waals surface area contributed by atoms with Crippen LogP contribution in [-0.4, -0.2) is 94.9 Å². The van der Waals surface area contributed by atoms with Gasteiger partial charge in [-0.2, -0.15) is 0 Å². The van der Waals surface area contributed by atoms with Crippen LogP contribution in [0.2, 0.25) is 0 Å². The van der Waals surface area contributed by atoms with Gasteiger partial charge in [-0.25, -0.2) is 25.0 Å². The second kappa shape index (κ2) is 18.6. The summed E-state index contributed by atoms with van der Waals surface area (Å²) in [6.07, 6.45) is 10.4. The molecule has 2 aromatic carbocycles.